The average molecular weight is 222 g/mol. The summed E-state index contributed by atoms with van der Waals surface area (Å²) in [6.45, 7) is 5.18. The van der Waals surface area contributed by atoms with Crippen LogP contribution in [0.4, 0.5) is 5.82 Å². The first-order valence-corrected chi connectivity index (χ1v) is 5.23. The molecule has 0 amide bonds. The van der Waals surface area contributed by atoms with Crippen molar-refractivity contribution < 1.29 is 4.92 Å². The summed E-state index contributed by atoms with van der Waals surface area (Å²) < 4.78 is 1.54. The Balaban J connectivity index is 1.82. The van der Waals surface area contributed by atoms with Crippen LogP contribution in [-0.2, 0) is 6.54 Å². The monoisotopic (exact) mass is 222 g/mol. The Morgan fingerprint density at radius 2 is 2.50 bits per heavy atom. The quantitative estimate of drug-likeness (QED) is 0.444. The molecular formula is C10H14N4O2. The van der Waals surface area contributed by atoms with Crippen molar-refractivity contribution in [1.29, 1.82) is 0 Å². The molecule has 0 atom stereocenters. The molecule has 0 saturated heterocycles. The smallest absolute Gasteiger partial charge is 0.358 e. The molecule has 0 radical (unpaired) electrons. The third kappa shape index (κ3) is 2.90. The highest BCUT2D eigenvalue weighted by Crippen LogP contribution is 2.18. The van der Waals surface area contributed by atoms with E-state index in [9.17, 15) is 10.1 Å². The first-order chi connectivity index (χ1) is 7.65. The topological polar surface area (TPSA) is 73.0 Å². The maximum Gasteiger partial charge on any atom is 0.389 e. The lowest BCUT2D eigenvalue weighted by atomic mass is 10.3. The first-order valence-electron chi connectivity index (χ1n) is 5.23. The highest BCUT2D eigenvalue weighted by Gasteiger charge is 2.20. The van der Waals surface area contributed by atoms with E-state index in [-0.39, 0.29) is 5.82 Å². The van der Waals surface area contributed by atoms with E-state index in [1.807, 2.05) is 0 Å². The molecule has 0 aromatic carbocycles. The summed E-state index contributed by atoms with van der Waals surface area (Å²) in [5, 5.41) is 17.6. The zero-order valence-corrected chi connectivity index (χ0v) is 8.93. The lowest BCUT2D eigenvalue weighted by Gasteiger charge is -2.04. The molecule has 0 spiro atoms. The summed E-state index contributed by atoms with van der Waals surface area (Å²) in [6, 6.07) is 2.03. The number of rotatable bonds is 6. The predicted octanol–water partition coefficient (Wildman–Crippen LogP) is 1.10. The number of nitrogens with zero attached hydrogens (tertiary/aromatic N) is 3. The highest BCUT2D eigenvalue weighted by molar-refractivity contribution is 5.15. The standard InChI is InChI=1S/C10H14N4O2/c1-8(6-11-9-2-3-9)7-13-5-4-10(12-13)14(15)16/h4-5,9,11H,1-3,6-7H2. The second-order valence-electron chi connectivity index (χ2n) is 4.03. The molecule has 1 aromatic rings. The van der Waals surface area contributed by atoms with E-state index >= 15 is 0 Å². The summed E-state index contributed by atoms with van der Waals surface area (Å²) in [7, 11) is 0. The Labute approximate surface area is 93.1 Å². The molecule has 6 heteroatoms. The van der Waals surface area contributed by atoms with Crippen LogP contribution in [0, 0.1) is 10.1 Å². The molecular weight excluding hydrogens is 208 g/mol. The molecule has 1 aromatic heterocycles. The van der Waals surface area contributed by atoms with Crippen molar-refractivity contribution in [2.45, 2.75) is 25.4 Å². The van der Waals surface area contributed by atoms with E-state index in [0.717, 1.165) is 12.1 Å². The van der Waals surface area contributed by atoms with Crippen LogP contribution in [-0.4, -0.2) is 27.3 Å². The summed E-state index contributed by atoms with van der Waals surface area (Å²) in [6.07, 6.45) is 4.07. The van der Waals surface area contributed by atoms with Gasteiger partial charge in [-0.1, -0.05) is 6.58 Å². The van der Waals surface area contributed by atoms with Gasteiger partial charge in [0.25, 0.3) is 0 Å². The van der Waals surface area contributed by atoms with Crippen LogP contribution in [0.1, 0.15) is 12.8 Å². The van der Waals surface area contributed by atoms with E-state index in [4.69, 9.17) is 0 Å². The van der Waals surface area contributed by atoms with Crippen LogP contribution in [0.15, 0.2) is 24.4 Å². The van der Waals surface area contributed by atoms with Gasteiger partial charge in [0.1, 0.15) is 0 Å². The minimum absolute atomic E-state index is 0.122. The molecule has 16 heavy (non-hydrogen) atoms. The van der Waals surface area contributed by atoms with Crippen LogP contribution in [0.3, 0.4) is 0 Å². The van der Waals surface area contributed by atoms with Gasteiger partial charge in [-0.2, -0.15) is 4.68 Å². The minimum atomic E-state index is -0.498. The van der Waals surface area contributed by atoms with Gasteiger partial charge in [-0.05, 0) is 23.3 Å². The fourth-order valence-electron chi connectivity index (χ4n) is 1.40. The molecule has 1 aliphatic carbocycles. The number of nitro groups is 1. The molecule has 0 unspecified atom stereocenters. The molecule has 2 rings (SSSR count). The van der Waals surface area contributed by atoms with Crippen LogP contribution < -0.4 is 5.32 Å². The van der Waals surface area contributed by atoms with Crippen molar-refractivity contribution in [3.8, 4) is 0 Å². The molecule has 0 bridgehead atoms. The van der Waals surface area contributed by atoms with Gasteiger partial charge in [0.2, 0.25) is 0 Å². The lowest BCUT2D eigenvalue weighted by Crippen LogP contribution is -2.21. The lowest BCUT2D eigenvalue weighted by molar-refractivity contribution is -0.389. The maximum atomic E-state index is 10.4. The van der Waals surface area contributed by atoms with E-state index in [1.165, 1.54) is 23.6 Å². The minimum Gasteiger partial charge on any atom is -0.358 e. The van der Waals surface area contributed by atoms with Gasteiger partial charge in [-0.3, -0.25) is 0 Å². The summed E-state index contributed by atoms with van der Waals surface area (Å²) >= 11 is 0. The van der Waals surface area contributed by atoms with E-state index < -0.39 is 4.92 Å². The van der Waals surface area contributed by atoms with Gasteiger partial charge in [-0.15, -0.1) is 0 Å². The molecule has 1 saturated carbocycles. The normalized spacial score (nSPS) is 15.0. The van der Waals surface area contributed by atoms with Crippen molar-refractivity contribution in [2.24, 2.45) is 0 Å². The predicted molar refractivity (Wildman–Crippen MR) is 59.0 cm³/mol. The SMILES string of the molecule is C=C(CNC1CC1)Cn1ccc([N+](=O)[O-])n1. The van der Waals surface area contributed by atoms with E-state index in [2.05, 4.69) is 17.0 Å². The van der Waals surface area contributed by atoms with Crippen molar-refractivity contribution in [2.75, 3.05) is 6.54 Å². The third-order valence-corrected chi connectivity index (χ3v) is 2.42. The molecule has 1 fully saturated rings. The molecule has 1 heterocycles. The number of hydrogen-bond acceptors (Lipinski definition) is 4. The maximum absolute atomic E-state index is 10.4. The fraction of sp³-hybridized carbons (Fsp3) is 0.500. The second kappa shape index (κ2) is 4.44. The van der Waals surface area contributed by atoms with Gasteiger partial charge in [-0.25, -0.2) is 0 Å². The Kier molecular flexibility index (Phi) is 3.00. The molecule has 6 nitrogen and oxygen atoms in total. The highest BCUT2D eigenvalue weighted by atomic mass is 16.6. The Morgan fingerprint density at radius 3 is 3.06 bits per heavy atom. The van der Waals surface area contributed by atoms with Gasteiger partial charge in [0.15, 0.2) is 0 Å². The van der Waals surface area contributed by atoms with Gasteiger partial charge in [0, 0.05) is 12.6 Å². The zero-order chi connectivity index (χ0) is 11.5. The van der Waals surface area contributed by atoms with Crippen molar-refractivity contribution in [3.05, 3.63) is 34.5 Å². The van der Waals surface area contributed by atoms with E-state index in [1.54, 1.807) is 6.20 Å². The van der Waals surface area contributed by atoms with Crippen LogP contribution >= 0.6 is 0 Å². The van der Waals surface area contributed by atoms with Gasteiger partial charge >= 0.3 is 5.82 Å². The van der Waals surface area contributed by atoms with Gasteiger partial charge < -0.3 is 15.4 Å². The second-order valence-corrected chi connectivity index (χ2v) is 4.03. The third-order valence-electron chi connectivity index (χ3n) is 2.42. The molecule has 1 aliphatic rings. The van der Waals surface area contributed by atoms with E-state index in [0.29, 0.717) is 12.6 Å². The Bertz CT molecular complexity index is 409. The van der Waals surface area contributed by atoms with Crippen LogP contribution in [0.5, 0.6) is 0 Å². The van der Waals surface area contributed by atoms with Crippen LogP contribution in [0.25, 0.3) is 0 Å². The number of nitrogens with one attached hydrogen (secondary N) is 1. The Morgan fingerprint density at radius 1 is 1.75 bits per heavy atom. The summed E-state index contributed by atoms with van der Waals surface area (Å²) in [5.41, 5.74) is 0.977. The summed E-state index contributed by atoms with van der Waals surface area (Å²) in [4.78, 5) is 9.92. The number of aromatic nitrogens is 2. The van der Waals surface area contributed by atoms with Crippen molar-refractivity contribution in [1.82, 2.24) is 15.1 Å². The van der Waals surface area contributed by atoms with Gasteiger partial charge in [0.05, 0.1) is 23.9 Å². The molecule has 86 valence electrons. The van der Waals surface area contributed by atoms with Crippen molar-refractivity contribution >= 4 is 5.82 Å². The zero-order valence-electron chi connectivity index (χ0n) is 8.93. The number of hydrogen-bond donors (Lipinski definition) is 1. The Hall–Kier alpha value is -1.69. The molecule has 1 N–H and O–H groups in total. The van der Waals surface area contributed by atoms with Crippen LogP contribution in [0.2, 0.25) is 0 Å². The fourth-order valence-corrected chi connectivity index (χ4v) is 1.40. The largest absolute Gasteiger partial charge is 0.389 e. The van der Waals surface area contributed by atoms with Crippen molar-refractivity contribution in [3.63, 3.8) is 0 Å². The first kappa shape index (κ1) is 10.8. The summed E-state index contributed by atoms with van der Waals surface area (Å²) in [5.74, 6) is -0.122. The molecule has 0 aliphatic heterocycles. The average Bonchev–Trinajstić information content (AvgIpc) is 2.95.